The maximum atomic E-state index is 13.1. The highest BCUT2D eigenvalue weighted by Crippen LogP contribution is 2.43. The predicted octanol–water partition coefficient (Wildman–Crippen LogP) is 4.72. The fourth-order valence-corrected chi connectivity index (χ4v) is 4.70. The number of rotatable bonds is 5. The molecule has 0 saturated heterocycles. The van der Waals surface area contributed by atoms with E-state index in [0.717, 1.165) is 40.2 Å². The van der Waals surface area contributed by atoms with Crippen LogP contribution in [0.5, 0.6) is 5.75 Å². The van der Waals surface area contributed by atoms with Crippen molar-refractivity contribution in [2.45, 2.75) is 40.3 Å². The van der Waals surface area contributed by atoms with E-state index in [2.05, 4.69) is 42.1 Å². The molecule has 0 fully saturated rings. The lowest BCUT2D eigenvalue weighted by Gasteiger charge is -2.24. The minimum atomic E-state index is -0.0928. The van der Waals surface area contributed by atoms with Crippen LogP contribution in [-0.2, 0) is 19.6 Å². The average molecular weight is 425 g/mol. The Hall–Kier alpha value is -2.57. The highest BCUT2D eigenvalue weighted by atomic mass is 32.1. The quantitative estimate of drug-likeness (QED) is 0.623. The van der Waals surface area contributed by atoms with E-state index in [1.807, 2.05) is 24.3 Å². The first-order valence-electron chi connectivity index (χ1n) is 10.2. The zero-order valence-electron chi connectivity index (χ0n) is 17.9. The molecule has 4 rings (SSSR count). The van der Waals surface area contributed by atoms with Crippen molar-refractivity contribution in [3.63, 3.8) is 0 Å². The first kappa shape index (κ1) is 20.7. The molecule has 2 N–H and O–H groups in total. The number of hydrogen-bond acceptors (Lipinski definition) is 4. The van der Waals surface area contributed by atoms with Crippen LogP contribution in [0.1, 0.15) is 42.4 Å². The number of aryl methyl sites for hydroxylation is 1. The molecule has 5 nitrogen and oxygen atoms in total. The highest BCUT2D eigenvalue weighted by Gasteiger charge is 2.28. The smallest absolute Gasteiger partial charge is 0.267 e. The third-order valence-electron chi connectivity index (χ3n) is 5.43. The molecule has 0 saturated carbocycles. The third kappa shape index (κ3) is 3.77. The molecular weight excluding hydrogens is 396 g/mol. The number of ether oxygens (including phenoxy) is 1. The van der Waals surface area contributed by atoms with Crippen LogP contribution in [-0.4, -0.2) is 29.2 Å². The Bertz CT molecular complexity index is 1080. The van der Waals surface area contributed by atoms with Crippen molar-refractivity contribution < 1.29 is 14.6 Å². The molecule has 1 aromatic carbocycles. The van der Waals surface area contributed by atoms with Gasteiger partial charge in [-0.2, -0.15) is 0 Å². The van der Waals surface area contributed by atoms with E-state index >= 15 is 0 Å². The van der Waals surface area contributed by atoms with Gasteiger partial charge in [-0.15, -0.1) is 11.3 Å². The zero-order valence-corrected chi connectivity index (χ0v) is 18.7. The molecule has 6 heteroatoms. The molecule has 0 aliphatic carbocycles. The Labute approximate surface area is 181 Å². The number of carbonyl (C=O) groups is 1. The standard InChI is InChI=1S/C24H28N2O3S/c1-24(2,3)14-25-23(28)19-12-18(21-6-5-9-30-21)22-17-10-16(13-27)20(29-4)11-15(17)7-8-26(19)22/h5-6,9-12,27H,7-8,13-14H2,1-4H3,(H,25,28). The van der Waals surface area contributed by atoms with Crippen LogP contribution < -0.4 is 10.1 Å². The number of aromatic nitrogens is 1. The average Bonchev–Trinajstić information content (AvgIpc) is 3.38. The molecule has 0 atom stereocenters. The number of aliphatic hydroxyl groups excluding tert-OH is 1. The largest absolute Gasteiger partial charge is 0.496 e. The fourth-order valence-electron chi connectivity index (χ4n) is 3.96. The maximum absolute atomic E-state index is 13.1. The Kier molecular flexibility index (Phi) is 5.47. The lowest BCUT2D eigenvalue weighted by atomic mass is 9.93. The number of benzene rings is 1. The summed E-state index contributed by atoms with van der Waals surface area (Å²) in [5.41, 5.74) is 5.78. The number of hydrogen-bond donors (Lipinski definition) is 2. The topological polar surface area (TPSA) is 63.5 Å². The van der Waals surface area contributed by atoms with Crippen molar-refractivity contribution >= 4 is 17.2 Å². The number of aliphatic hydroxyl groups is 1. The van der Waals surface area contributed by atoms with Crippen LogP contribution in [0.4, 0.5) is 0 Å². The van der Waals surface area contributed by atoms with Gasteiger partial charge in [0.1, 0.15) is 11.4 Å². The second kappa shape index (κ2) is 7.93. The van der Waals surface area contributed by atoms with Crippen molar-refractivity contribution in [1.82, 2.24) is 9.88 Å². The van der Waals surface area contributed by atoms with Crippen LogP contribution in [0, 0.1) is 5.41 Å². The molecule has 158 valence electrons. The van der Waals surface area contributed by atoms with Crippen LogP contribution in [0.25, 0.3) is 21.7 Å². The van der Waals surface area contributed by atoms with Crippen molar-refractivity contribution in [2.75, 3.05) is 13.7 Å². The number of amides is 1. The zero-order chi connectivity index (χ0) is 21.5. The number of thiophene rings is 1. The van der Waals surface area contributed by atoms with Crippen LogP contribution in [0.15, 0.2) is 35.7 Å². The Morgan fingerprint density at radius 1 is 1.27 bits per heavy atom. The van der Waals surface area contributed by atoms with Gasteiger partial charge in [0.05, 0.1) is 19.4 Å². The van der Waals surface area contributed by atoms with E-state index in [-0.39, 0.29) is 17.9 Å². The molecule has 1 aliphatic heterocycles. The highest BCUT2D eigenvalue weighted by molar-refractivity contribution is 7.13. The van der Waals surface area contributed by atoms with Crippen molar-refractivity contribution in [3.8, 4) is 27.4 Å². The summed E-state index contributed by atoms with van der Waals surface area (Å²) in [6.07, 6.45) is 0.808. The van der Waals surface area contributed by atoms with Gasteiger partial charge in [-0.1, -0.05) is 26.8 Å². The number of nitrogens with one attached hydrogen (secondary N) is 1. The van der Waals surface area contributed by atoms with Crippen LogP contribution in [0.3, 0.4) is 0 Å². The minimum Gasteiger partial charge on any atom is -0.496 e. The maximum Gasteiger partial charge on any atom is 0.267 e. The van der Waals surface area contributed by atoms with Gasteiger partial charge in [-0.25, -0.2) is 0 Å². The fraction of sp³-hybridized carbons (Fsp3) is 0.375. The van der Waals surface area contributed by atoms with E-state index < -0.39 is 0 Å². The number of methoxy groups -OCH3 is 1. The second-order valence-corrected chi connectivity index (χ2v) is 9.84. The first-order valence-corrected chi connectivity index (χ1v) is 11.1. The number of fused-ring (bicyclic) bond motifs is 3. The van der Waals surface area contributed by atoms with E-state index in [0.29, 0.717) is 18.0 Å². The lowest BCUT2D eigenvalue weighted by molar-refractivity contribution is 0.0930. The SMILES string of the molecule is COc1cc2c(cc1CO)-c1c(-c3cccs3)cc(C(=O)NCC(C)(C)C)n1CC2. The van der Waals surface area contributed by atoms with Gasteiger partial charge in [0, 0.05) is 34.7 Å². The first-order chi connectivity index (χ1) is 14.3. The molecule has 30 heavy (non-hydrogen) atoms. The van der Waals surface area contributed by atoms with Crippen molar-refractivity contribution in [2.24, 2.45) is 5.41 Å². The summed E-state index contributed by atoms with van der Waals surface area (Å²) in [7, 11) is 1.63. The van der Waals surface area contributed by atoms with Gasteiger partial charge in [0.25, 0.3) is 5.91 Å². The Morgan fingerprint density at radius 2 is 2.07 bits per heavy atom. The van der Waals surface area contributed by atoms with Gasteiger partial charge >= 0.3 is 0 Å². The second-order valence-electron chi connectivity index (χ2n) is 8.89. The van der Waals surface area contributed by atoms with E-state index in [1.54, 1.807) is 18.4 Å². The van der Waals surface area contributed by atoms with Gasteiger partial charge in [-0.3, -0.25) is 4.79 Å². The van der Waals surface area contributed by atoms with Gasteiger partial charge in [0.2, 0.25) is 0 Å². The molecule has 3 heterocycles. The lowest BCUT2D eigenvalue weighted by Crippen LogP contribution is -2.33. The number of carbonyl (C=O) groups excluding carboxylic acids is 1. The van der Waals surface area contributed by atoms with E-state index in [9.17, 15) is 9.90 Å². The normalized spacial score (nSPS) is 13.0. The third-order valence-corrected chi connectivity index (χ3v) is 6.34. The summed E-state index contributed by atoms with van der Waals surface area (Å²) < 4.78 is 7.60. The predicted molar refractivity (Wildman–Crippen MR) is 121 cm³/mol. The number of nitrogens with zero attached hydrogens (tertiary/aromatic N) is 1. The molecule has 1 amide bonds. The molecule has 3 aromatic rings. The minimum absolute atomic E-state index is 0.0166. The molecule has 1 aliphatic rings. The molecular formula is C24H28N2O3S. The molecule has 0 bridgehead atoms. The summed E-state index contributed by atoms with van der Waals surface area (Å²) >= 11 is 1.66. The summed E-state index contributed by atoms with van der Waals surface area (Å²) in [6, 6.07) is 10.2. The van der Waals surface area contributed by atoms with Gasteiger partial charge < -0.3 is 19.7 Å². The molecule has 2 aromatic heterocycles. The Balaban J connectivity index is 1.87. The van der Waals surface area contributed by atoms with Gasteiger partial charge in [-0.05, 0) is 47.0 Å². The summed E-state index contributed by atoms with van der Waals surface area (Å²) in [5, 5.41) is 15.0. The summed E-state index contributed by atoms with van der Waals surface area (Å²) in [5.74, 6) is 0.658. The molecule has 0 spiro atoms. The summed E-state index contributed by atoms with van der Waals surface area (Å²) in [6.45, 7) is 7.58. The van der Waals surface area contributed by atoms with Crippen LogP contribution >= 0.6 is 11.3 Å². The monoisotopic (exact) mass is 424 g/mol. The van der Waals surface area contributed by atoms with Crippen LogP contribution in [0.2, 0.25) is 0 Å². The van der Waals surface area contributed by atoms with Crippen molar-refractivity contribution in [1.29, 1.82) is 0 Å². The Morgan fingerprint density at radius 3 is 2.70 bits per heavy atom. The molecule has 0 unspecified atom stereocenters. The molecule has 0 radical (unpaired) electrons. The van der Waals surface area contributed by atoms with Gasteiger partial charge in [0.15, 0.2) is 0 Å². The van der Waals surface area contributed by atoms with Crippen molar-refractivity contribution in [3.05, 3.63) is 52.5 Å². The van der Waals surface area contributed by atoms with E-state index in [4.69, 9.17) is 4.74 Å². The van der Waals surface area contributed by atoms with E-state index in [1.165, 1.54) is 5.56 Å². The summed E-state index contributed by atoms with van der Waals surface area (Å²) in [4.78, 5) is 14.2.